The Morgan fingerprint density at radius 2 is 2.29 bits per heavy atom. The van der Waals surface area contributed by atoms with E-state index < -0.39 is 0 Å². The molecule has 0 fully saturated rings. The van der Waals surface area contributed by atoms with Crippen molar-refractivity contribution >= 4 is 11.7 Å². The molecule has 0 spiro atoms. The first-order chi connectivity index (χ1) is 8.31. The van der Waals surface area contributed by atoms with Crippen molar-refractivity contribution in [1.82, 2.24) is 9.55 Å². The van der Waals surface area contributed by atoms with Crippen LogP contribution in [-0.2, 0) is 11.3 Å². The molecule has 2 rings (SSSR count). The number of rotatable bonds is 3. The van der Waals surface area contributed by atoms with E-state index in [0.29, 0.717) is 6.61 Å². The molecule has 0 saturated carbocycles. The summed E-state index contributed by atoms with van der Waals surface area (Å²) in [4.78, 5) is 15.6. The summed E-state index contributed by atoms with van der Waals surface area (Å²) in [5, 5.41) is 2.80. The summed E-state index contributed by atoms with van der Waals surface area (Å²) in [5.74, 6) is 0. The number of nitrogens with zero attached hydrogens (tertiary/aromatic N) is 2. The van der Waals surface area contributed by atoms with E-state index in [9.17, 15) is 4.79 Å². The van der Waals surface area contributed by atoms with Crippen molar-refractivity contribution in [3.8, 4) is 0 Å². The molecule has 0 atom stereocenters. The summed E-state index contributed by atoms with van der Waals surface area (Å²) in [7, 11) is 1.62. The molecule has 0 aliphatic heterocycles. The molecule has 1 heterocycles. The van der Waals surface area contributed by atoms with Crippen molar-refractivity contribution in [2.45, 2.75) is 6.61 Å². The third-order valence-corrected chi connectivity index (χ3v) is 2.30. The fourth-order valence-electron chi connectivity index (χ4n) is 1.48. The molecule has 0 aliphatic carbocycles. The Labute approximate surface area is 99.0 Å². The number of hydrogen-bond acceptors (Lipinski definition) is 3. The number of amides is 1. The highest BCUT2D eigenvalue weighted by Gasteiger charge is 2.07. The highest BCUT2D eigenvalue weighted by Crippen LogP contribution is 2.15. The molecule has 1 aromatic carbocycles. The van der Waals surface area contributed by atoms with Gasteiger partial charge in [0.25, 0.3) is 0 Å². The summed E-state index contributed by atoms with van der Waals surface area (Å²) in [5.41, 5.74) is 1.68. The van der Waals surface area contributed by atoms with E-state index in [1.807, 2.05) is 24.3 Å². The molecular formula is C12H13N3O2. The zero-order chi connectivity index (χ0) is 12.1. The molecule has 88 valence electrons. The number of nitrogens with one attached hydrogen (secondary N) is 1. The minimum absolute atomic E-state index is 0.244. The second kappa shape index (κ2) is 5.27. The Morgan fingerprint density at radius 1 is 1.47 bits per heavy atom. The van der Waals surface area contributed by atoms with Gasteiger partial charge in [-0.2, -0.15) is 0 Å². The number of para-hydroxylation sites is 1. The van der Waals surface area contributed by atoms with Gasteiger partial charge in [0.05, 0.1) is 6.61 Å². The van der Waals surface area contributed by atoms with Crippen molar-refractivity contribution in [1.29, 1.82) is 0 Å². The fraction of sp³-hybridized carbons (Fsp3) is 0.167. The van der Waals surface area contributed by atoms with Crippen LogP contribution in [0.2, 0.25) is 0 Å². The maximum atomic E-state index is 11.8. The van der Waals surface area contributed by atoms with E-state index in [0.717, 1.165) is 11.3 Å². The molecule has 5 heteroatoms. The number of hydrogen-bond donors (Lipinski definition) is 1. The smallest absolute Gasteiger partial charge is 0.331 e. The van der Waals surface area contributed by atoms with E-state index in [1.165, 1.54) is 10.9 Å². The molecule has 1 N–H and O–H groups in total. The van der Waals surface area contributed by atoms with E-state index in [4.69, 9.17) is 4.74 Å². The molecule has 0 unspecified atom stereocenters. The summed E-state index contributed by atoms with van der Waals surface area (Å²) in [6, 6.07) is 7.27. The SMILES string of the molecule is COCc1ccccc1NC(=O)n1ccnc1. The summed E-state index contributed by atoms with van der Waals surface area (Å²) in [6.45, 7) is 0.459. The molecule has 0 radical (unpaired) electrons. The summed E-state index contributed by atoms with van der Waals surface area (Å²) in [6.07, 6.45) is 4.60. The van der Waals surface area contributed by atoms with Crippen molar-refractivity contribution < 1.29 is 9.53 Å². The zero-order valence-electron chi connectivity index (χ0n) is 9.46. The van der Waals surface area contributed by atoms with Gasteiger partial charge in [-0.05, 0) is 6.07 Å². The van der Waals surface area contributed by atoms with Crippen LogP contribution in [0.3, 0.4) is 0 Å². The van der Waals surface area contributed by atoms with Crippen LogP contribution in [-0.4, -0.2) is 22.7 Å². The number of ether oxygens (including phenoxy) is 1. The van der Waals surface area contributed by atoms with Crippen LogP contribution >= 0.6 is 0 Å². The predicted molar refractivity (Wildman–Crippen MR) is 63.8 cm³/mol. The lowest BCUT2D eigenvalue weighted by Gasteiger charge is -2.10. The third-order valence-electron chi connectivity index (χ3n) is 2.30. The lowest BCUT2D eigenvalue weighted by Crippen LogP contribution is -2.18. The second-order valence-electron chi connectivity index (χ2n) is 3.49. The molecule has 1 amide bonds. The predicted octanol–water partition coefficient (Wildman–Crippen LogP) is 2.11. The molecule has 2 aromatic rings. The van der Waals surface area contributed by atoms with Gasteiger partial charge in [0.15, 0.2) is 0 Å². The summed E-state index contributed by atoms with van der Waals surface area (Å²) >= 11 is 0. The first-order valence-corrected chi connectivity index (χ1v) is 5.17. The minimum Gasteiger partial charge on any atom is -0.380 e. The van der Waals surface area contributed by atoms with E-state index in [-0.39, 0.29) is 6.03 Å². The topological polar surface area (TPSA) is 56.1 Å². The normalized spacial score (nSPS) is 10.2. The molecule has 0 aliphatic rings. The van der Waals surface area contributed by atoms with Crippen molar-refractivity contribution in [3.63, 3.8) is 0 Å². The van der Waals surface area contributed by atoms with Crippen molar-refractivity contribution in [2.75, 3.05) is 12.4 Å². The maximum Gasteiger partial charge on any atom is 0.331 e. The van der Waals surface area contributed by atoms with Gasteiger partial charge in [0.1, 0.15) is 6.33 Å². The quantitative estimate of drug-likeness (QED) is 0.880. The van der Waals surface area contributed by atoms with E-state index >= 15 is 0 Å². The van der Waals surface area contributed by atoms with Crippen LogP contribution in [0.4, 0.5) is 10.5 Å². The number of anilines is 1. The monoisotopic (exact) mass is 231 g/mol. The third kappa shape index (κ3) is 2.70. The highest BCUT2D eigenvalue weighted by molar-refractivity contribution is 5.91. The average molecular weight is 231 g/mol. The first kappa shape index (κ1) is 11.3. The first-order valence-electron chi connectivity index (χ1n) is 5.17. The molecule has 0 saturated heterocycles. The summed E-state index contributed by atoms with van der Waals surface area (Å²) < 4.78 is 6.45. The van der Waals surface area contributed by atoms with Crippen LogP contribution in [0, 0.1) is 0 Å². The molecule has 1 aromatic heterocycles. The fourth-order valence-corrected chi connectivity index (χ4v) is 1.48. The zero-order valence-corrected chi connectivity index (χ0v) is 9.46. The van der Waals surface area contributed by atoms with E-state index in [1.54, 1.807) is 19.5 Å². The van der Waals surface area contributed by atoms with Crippen molar-refractivity contribution in [3.05, 3.63) is 48.5 Å². The molecular weight excluding hydrogens is 218 g/mol. The standard InChI is InChI=1S/C12H13N3O2/c1-17-8-10-4-2-3-5-11(10)14-12(16)15-7-6-13-9-15/h2-7,9H,8H2,1H3,(H,14,16). The van der Waals surface area contributed by atoms with Gasteiger partial charge in [0.2, 0.25) is 0 Å². The lowest BCUT2D eigenvalue weighted by molar-refractivity contribution is 0.185. The van der Waals surface area contributed by atoms with Gasteiger partial charge in [-0.25, -0.2) is 9.78 Å². The van der Waals surface area contributed by atoms with Crippen LogP contribution in [0.25, 0.3) is 0 Å². The number of methoxy groups -OCH3 is 1. The van der Waals surface area contributed by atoms with Gasteiger partial charge in [-0.3, -0.25) is 4.57 Å². The number of carbonyl (C=O) groups is 1. The lowest BCUT2D eigenvalue weighted by atomic mass is 10.2. The Hall–Kier alpha value is -2.14. The number of benzene rings is 1. The number of aromatic nitrogens is 2. The maximum absolute atomic E-state index is 11.8. The number of imidazole rings is 1. The average Bonchev–Trinajstić information content (AvgIpc) is 2.85. The van der Waals surface area contributed by atoms with Crippen LogP contribution in [0.5, 0.6) is 0 Å². The Balaban J connectivity index is 2.15. The highest BCUT2D eigenvalue weighted by atomic mass is 16.5. The van der Waals surface area contributed by atoms with Crippen LogP contribution in [0.1, 0.15) is 5.56 Å². The van der Waals surface area contributed by atoms with E-state index in [2.05, 4.69) is 10.3 Å². The largest absolute Gasteiger partial charge is 0.380 e. The Bertz CT molecular complexity index is 494. The van der Waals surface area contributed by atoms with Gasteiger partial charge in [-0.1, -0.05) is 18.2 Å². The Kier molecular flexibility index (Phi) is 3.52. The molecule has 17 heavy (non-hydrogen) atoms. The minimum atomic E-state index is -0.244. The molecule has 5 nitrogen and oxygen atoms in total. The Morgan fingerprint density at radius 3 is 3.00 bits per heavy atom. The van der Waals surface area contributed by atoms with Gasteiger partial charge in [0, 0.05) is 30.8 Å². The molecule has 0 bridgehead atoms. The van der Waals surface area contributed by atoms with Gasteiger partial charge >= 0.3 is 6.03 Å². The van der Waals surface area contributed by atoms with Gasteiger partial charge in [-0.15, -0.1) is 0 Å². The number of carbonyl (C=O) groups excluding carboxylic acids is 1. The van der Waals surface area contributed by atoms with Crippen LogP contribution in [0.15, 0.2) is 43.0 Å². The van der Waals surface area contributed by atoms with Crippen molar-refractivity contribution in [2.24, 2.45) is 0 Å². The van der Waals surface area contributed by atoms with Crippen LogP contribution < -0.4 is 5.32 Å². The van der Waals surface area contributed by atoms with Gasteiger partial charge < -0.3 is 10.1 Å². The second-order valence-corrected chi connectivity index (χ2v) is 3.49.